The SMILES string of the molecule is CCCCC/C=C\CC(CCC1SCCS1)O[Si](C)(C)C(C)(C)C. The monoisotopic (exact) mass is 388 g/mol. The highest BCUT2D eigenvalue weighted by atomic mass is 32.2. The first kappa shape index (κ1) is 22.7. The fourth-order valence-electron chi connectivity index (χ4n) is 2.59. The number of hydrogen-bond acceptors (Lipinski definition) is 3. The van der Waals surface area contributed by atoms with Gasteiger partial charge in [-0.3, -0.25) is 0 Å². The van der Waals surface area contributed by atoms with Gasteiger partial charge in [0.2, 0.25) is 0 Å². The van der Waals surface area contributed by atoms with Crippen LogP contribution in [-0.2, 0) is 4.43 Å². The van der Waals surface area contributed by atoms with E-state index in [-0.39, 0.29) is 0 Å². The van der Waals surface area contributed by atoms with Crippen LogP contribution in [0.1, 0.15) is 72.6 Å². The highest BCUT2D eigenvalue weighted by molar-refractivity contribution is 8.20. The second-order valence-corrected chi connectivity index (χ2v) is 16.1. The minimum Gasteiger partial charge on any atom is -0.414 e. The van der Waals surface area contributed by atoms with Crippen molar-refractivity contribution in [2.45, 2.75) is 101 Å². The maximum atomic E-state index is 6.76. The molecule has 4 heteroatoms. The number of thioether (sulfide) groups is 2. The summed E-state index contributed by atoms with van der Waals surface area (Å²) in [4.78, 5) is 0. The van der Waals surface area contributed by atoms with Crippen molar-refractivity contribution in [3.63, 3.8) is 0 Å². The molecule has 1 atom stereocenters. The Morgan fingerprint density at radius 3 is 2.38 bits per heavy atom. The Labute approximate surface area is 161 Å². The third-order valence-corrected chi connectivity index (χ3v) is 12.9. The van der Waals surface area contributed by atoms with Gasteiger partial charge < -0.3 is 4.43 Å². The summed E-state index contributed by atoms with van der Waals surface area (Å²) in [6.45, 7) is 14.1. The second kappa shape index (κ2) is 11.4. The second-order valence-electron chi connectivity index (χ2n) is 8.45. The zero-order chi connectivity index (χ0) is 18.1. The van der Waals surface area contributed by atoms with Gasteiger partial charge in [-0.05, 0) is 50.2 Å². The summed E-state index contributed by atoms with van der Waals surface area (Å²) >= 11 is 4.29. The van der Waals surface area contributed by atoms with E-state index in [1.54, 1.807) is 0 Å². The lowest BCUT2D eigenvalue weighted by Crippen LogP contribution is -2.44. The highest BCUT2D eigenvalue weighted by Crippen LogP contribution is 2.39. The number of allylic oxidation sites excluding steroid dienone is 1. The fourth-order valence-corrected chi connectivity index (χ4v) is 6.86. The number of hydrogen-bond donors (Lipinski definition) is 0. The first-order valence-corrected chi connectivity index (χ1v) is 14.8. The van der Waals surface area contributed by atoms with Gasteiger partial charge in [-0.15, -0.1) is 23.5 Å². The average Bonchev–Trinajstić information content (AvgIpc) is 3.00. The molecule has 24 heavy (non-hydrogen) atoms. The number of rotatable bonds is 11. The molecule has 0 amide bonds. The van der Waals surface area contributed by atoms with E-state index >= 15 is 0 Å². The van der Waals surface area contributed by atoms with Gasteiger partial charge in [0.1, 0.15) is 0 Å². The van der Waals surface area contributed by atoms with Crippen molar-refractivity contribution in [3.05, 3.63) is 12.2 Å². The molecule has 0 aliphatic carbocycles. The summed E-state index contributed by atoms with van der Waals surface area (Å²) < 4.78 is 7.57. The Bertz CT molecular complexity index is 357. The smallest absolute Gasteiger partial charge is 0.192 e. The molecule has 1 aliphatic heterocycles. The third-order valence-electron chi connectivity index (χ3n) is 5.22. The first-order valence-electron chi connectivity index (χ1n) is 9.82. The first-order chi connectivity index (χ1) is 11.3. The summed E-state index contributed by atoms with van der Waals surface area (Å²) in [5.74, 6) is 2.67. The largest absolute Gasteiger partial charge is 0.414 e. The normalized spacial score (nSPS) is 18.6. The van der Waals surface area contributed by atoms with Crippen molar-refractivity contribution in [2.75, 3.05) is 11.5 Å². The van der Waals surface area contributed by atoms with Crippen molar-refractivity contribution in [1.82, 2.24) is 0 Å². The van der Waals surface area contributed by atoms with E-state index in [4.69, 9.17) is 4.43 Å². The van der Waals surface area contributed by atoms with E-state index in [1.807, 2.05) is 0 Å². The molecule has 0 saturated carbocycles. The molecular weight excluding hydrogens is 348 g/mol. The van der Waals surface area contributed by atoms with Gasteiger partial charge in [0.05, 0.1) is 4.58 Å². The Kier molecular flexibility index (Phi) is 10.7. The maximum absolute atomic E-state index is 6.76. The lowest BCUT2D eigenvalue weighted by atomic mass is 10.1. The van der Waals surface area contributed by atoms with Crippen LogP contribution in [0.15, 0.2) is 12.2 Å². The molecule has 0 aromatic carbocycles. The maximum Gasteiger partial charge on any atom is 0.192 e. The minimum absolute atomic E-state index is 0.299. The standard InChI is InChI=1S/C20H40OS2Si/c1-7-8-9-10-11-12-13-18(14-15-19-22-16-17-23-19)21-24(5,6)20(2,3)4/h11-12,18-19H,7-10,13-17H2,1-6H3/b12-11-. The molecule has 142 valence electrons. The Morgan fingerprint density at radius 2 is 1.79 bits per heavy atom. The molecule has 1 rings (SSSR count). The molecule has 1 nitrogen and oxygen atoms in total. The lowest BCUT2D eigenvalue weighted by Gasteiger charge is -2.39. The van der Waals surface area contributed by atoms with Crippen LogP contribution >= 0.6 is 23.5 Å². The molecule has 1 unspecified atom stereocenters. The van der Waals surface area contributed by atoms with E-state index in [9.17, 15) is 0 Å². The molecule has 0 aromatic heterocycles. The summed E-state index contributed by atoms with van der Waals surface area (Å²) in [5, 5.41) is 0.299. The molecule has 1 fully saturated rings. The molecule has 0 aromatic rings. The van der Waals surface area contributed by atoms with Crippen LogP contribution in [0, 0.1) is 0 Å². The van der Waals surface area contributed by atoms with E-state index in [2.05, 4.69) is 76.5 Å². The van der Waals surface area contributed by atoms with Crippen molar-refractivity contribution in [1.29, 1.82) is 0 Å². The average molecular weight is 389 g/mol. The molecule has 1 saturated heterocycles. The number of unbranched alkanes of at least 4 members (excludes halogenated alkanes) is 3. The van der Waals surface area contributed by atoms with Gasteiger partial charge in [-0.2, -0.15) is 0 Å². The molecular formula is C20H40OS2Si. The van der Waals surface area contributed by atoms with Gasteiger partial charge in [0.15, 0.2) is 8.32 Å². The van der Waals surface area contributed by atoms with Gasteiger partial charge in [0.25, 0.3) is 0 Å². The van der Waals surface area contributed by atoms with Crippen molar-refractivity contribution in [2.24, 2.45) is 0 Å². The molecule has 0 bridgehead atoms. The Balaban J connectivity index is 2.51. The van der Waals surface area contributed by atoms with Crippen molar-refractivity contribution >= 4 is 31.8 Å². The van der Waals surface area contributed by atoms with E-state index in [0.717, 1.165) is 11.0 Å². The van der Waals surface area contributed by atoms with Crippen molar-refractivity contribution in [3.8, 4) is 0 Å². The Morgan fingerprint density at radius 1 is 1.12 bits per heavy atom. The van der Waals surface area contributed by atoms with Crippen LogP contribution in [0.5, 0.6) is 0 Å². The topological polar surface area (TPSA) is 9.23 Å². The van der Waals surface area contributed by atoms with Gasteiger partial charge in [0, 0.05) is 17.6 Å². The van der Waals surface area contributed by atoms with Gasteiger partial charge in [-0.25, -0.2) is 0 Å². The van der Waals surface area contributed by atoms with Crippen LogP contribution in [0.4, 0.5) is 0 Å². The van der Waals surface area contributed by atoms with E-state index in [0.29, 0.717) is 11.1 Å². The van der Waals surface area contributed by atoms with Gasteiger partial charge in [-0.1, -0.05) is 52.7 Å². The third kappa shape index (κ3) is 8.82. The molecule has 0 radical (unpaired) electrons. The summed E-state index contributed by atoms with van der Waals surface area (Å²) in [6.07, 6.45) is 14.0. The summed E-state index contributed by atoms with van der Waals surface area (Å²) in [5.41, 5.74) is 0. The Hall–Kier alpha value is 0.617. The molecule has 0 N–H and O–H groups in total. The minimum atomic E-state index is -1.67. The molecule has 0 spiro atoms. The van der Waals surface area contributed by atoms with Crippen molar-refractivity contribution < 1.29 is 4.43 Å². The zero-order valence-electron chi connectivity index (χ0n) is 16.9. The van der Waals surface area contributed by atoms with Crippen LogP contribution < -0.4 is 0 Å². The quantitative estimate of drug-likeness (QED) is 0.206. The summed E-state index contributed by atoms with van der Waals surface area (Å²) in [6, 6.07) is 0. The van der Waals surface area contributed by atoms with E-state index in [1.165, 1.54) is 50.0 Å². The predicted octanol–water partition coefficient (Wildman–Crippen LogP) is 7.49. The lowest BCUT2D eigenvalue weighted by molar-refractivity contribution is 0.172. The van der Waals surface area contributed by atoms with Crippen LogP contribution in [0.25, 0.3) is 0 Å². The van der Waals surface area contributed by atoms with Crippen LogP contribution in [0.3, 0.4) is 0 Å². The fraction of sp³-hybridized carbons (Fsp3) is 0.900. The highest BCUT2D eigenvalue weighted by Gasteiger charge is 2.39. The molecule has 1 aliphatic rings. The van der Waals surface area contributed by atoms with E-state index < -0.39 is 8.32 Å². The predicted molar refractivity (Wildman–Crippen MR) is 118 cm³/mol. The van der Waals surface area contributed by atoms with Crippen LogP contribution in [0.2, 0.25) is 18.1 Å². The van der Waals surface area contributed by atoms with Crippen LogP contribution in [-0.4, -0.2) is 30.5 Å². The summed E-state index contributed by atoms with van der Waals surface area (Å²) in [7, 11) is -1.67. The zero-order valence-corrected chi connectivity index (χ0v) is 19.5. The van der Waals surface area contributed by atoms with Gasteiger partial charge >= 0.3 is 0 Å². The molecule has 1 heterocycles.